The summed E-state index contributed by atoms with van der Waals surface area (Å²) in [4.78, 5) is 31.3. The number of hydrogen-bond acceptors (Lipinski definition) is 5. The number of nitrogens with zero attached hydrogens (tertiary/aromatic N) is 3. The average Bonchev–Trinajstić information content (AvgIpc) is 2.71. The maximum atomic E-state index is 13.3. The van der Waals surface area contributed by atoms with Crippen LogP contribution in [0, 0.1) is 13.8 Å². The van der Waals surface area contributed by atoms with Crippen LogP contribution < -0.4 is 15.8 Å². The molecule has 7 nitrogen and oxygen atoms in total. The molecule has 0 aliphatic carbocycles. The highest BCUT2D eigenvalue weighted by Gasteiger charge is 2.31. The highest BCUT2D eigenvalue weighted by Crippen LogP contribution is 2.30. The van der Waals surface area contributed by atoms with Gasteiger partial charge in [0, 0.05) is 24.0 Å². The quantitative estimate of drug-likeness (QED) is 0.627. The minimum Gasteiger partial charge on any atom is -0.478 e. The number of alkyl halides is 1. The molecular formula is C23H25FN4O3. The van der Waals surface area contributed by atoms with Gasteiger partial charge in [-0.3, -0.25) is 9.20 Å². The minimum absolute atomic E-state index is 0.166. The van der Waals surface area contributed by atoms with Crippen molar-refractivity contribution < 1.29 is 14.3 Å². The number of fused-ring (bicyclic) bond motifs is 1. The van der Waals surface area contributed by atoms with Crippen LogP contribution in [0.3, 0.4) is 0 Å². The number of aromatic nitrogens is 2. The van der Waals surface area contributed by atoms with Gasteiger partial charge in [0.25, 0.3) is 5.56 Å². The Labute approximate surface area is 179 Å². The molecule has 1 saturated heterocycles. The smallest absolute Gasteiger partial charge is 0.337 e. The Morgan fingerprint density at radius 3 is 2.74 bits per heavy atom. The molecule has 0 unspecified atom stereocenters. The number of hydrogen-bond donors (Lipinski definition) is 2. The molecule has 3 aromatic rings. The van der Waals surface area contributed by atoms with Crippen LogP contribution in [-0.2, 0) is 0 Å². The van der Waals surface area contributed by atoms with Gasteiger partial charge in [-0.2, -0.15) is 0 Å². The van der Waals surface area contributed by atoms with Gasteiger partial charge in [-0.1, -0.05) is 12.1 Å². The van der Waals surface area contributed by atoms with Crippen molar-refractivity contribution in [2.45, 2.75) is 39.3 Å². The van der Waals surface area contributed by atoms with Crippen LogP contribution in [0.2, 0.25) is 0 Å². The zero-order valence-corrected chi connectivity index (χ0v) is 17.7. The van der Waals surface area contributed by atoms with Gasteiger partial charge in [0.05, 0.1) is 23.2 Å². The van der Waals surface area contributed by atoms with Gasteiger partial charge in [0.2, 0.25) is 0 Å². The third-order valence-corrected chi connectivity index (χ3v) is 5.88. The van der Waals surface area contributed by atoms with Gasteiger partial charge in [-0.15, -0.1) is 0 Å². The van der Waals surface area contributed by atoms with E-state index in [9.17, 15) is 19.1 Å². The van der Waals surface area contributed by atoms with Crippen LogP contribution in [0.25, 0.3) is 5.65 Å². The van der Waals surface area contributed by atoms with E-state index in [1.807, 2.05) is 24.8 Å². The van der Waals surface area contributed by atoms with Crippen molar-refractivity contribution in [3.63, 3.8) is 0 Å². The van der Waals surface area contributed by atoms with Crippen LogP contribution in [0.15, 0.2) is 41.3 Å². The zero-order chi connectivity index (χ0) is 22.3. The number of anilines is 2. The van der Waals surface area contributed by atoms with Crippen molar-refractivity contribution in [1.29, 1.82) is 0 Å². The molecule has 0 spiro atoms. The lowest BCUT2D eigenvalue weighted by Crippen LogP contribution is -2.50. The van der Waals surface area contributed by atoms with Gasteiger partial charge >= 0.3 is 5.97 Å². The number of aryl methyl sites for hydroxylation is 1. The predicted molar refractivity (Wildman–Crippen MR) is 118 cm³/mol. The second-order valence-corrected chi connectivity index (χ2v) is 8.04. The lowest BCUT2D eigenvalue weighted by Gasteiger charge is -2.41. The summed E-state index contributed by atoms with van der Waals surface area (Å²) < 4.78 is 14.8. The van der Waals surface area contributed by atoms with Crippen molar-refractivity contribution in [2.75, 3.05) is 23.4 Å². The Morgan fingerprint density at radius 2 is 2.10 bits per heavy atom. The molecule has 1 aromatic carbocycles. The number of carboxylic acid groups (broad SMARTS) is 1. The molecule has 31 heavy (non-hydrogen) atoms. The maximum Gasteiger partial charge on any atom is 0.337 e. The molecule has 0 amide bonds. The van der Waals surface area contributed by atoms with E-state index in [1.54, 1.807) is 31.3 Å². The number of rotatable bonds is 6. The van der Waals surface area contributed by atoms with Crippen molar-refractivity contribution in [3.8, 4) is 0 Å². The number of benzene rings is 1. The lowest BCUT2D eigenvalue weighted by molar-refractivity contribution is 0.0698. The lowest BCUT2D eigenvalue weighted by atomic mass is 10.0. The predicted octanol–water partition coefficient (Wildman–Crippen LogP) is 3.73. The molecule has 0 bridgehead atoms. The van der Waals surface area contributed by atoms with Crippen LogP contribution in [0.5, 0.6) is 0 Å². The molecule has 0 radical (unpaired) electrons. The number of halogens is 1. The Morgan fingerprint density at radius 1 is 1.35 bits per heavy atom. The van der Waals surface area contributed by atoms with Crippen LogP contribution in [0.4, 0.5) is 15.9 Å². The van der Waals surface area contributed by atoms with Gasteiger partial charge in [0.1, 0.15) is 18.1 Å². The summed E-state index contributed by atoms with van der Waals surface area (Å²) in [7, 11) is 0. The highest BCUT2D eigenvalue weighted by molar-refractivity contribution is 5.94. The fourth-order valence-corrected chi connectivity index (χ4v) is 4.07. The highest BCUT2D eigenvalue weighted by atomic mass is 19.1. The Hall–Kier alpha value is -3.42. The first-order chi connectivity index (χ1) is 14.8. The van der Waals surface area contributed by atoms with Gasteiger partial charge < -0.3 is 15.3 Å². The number of aromatic carboxylic acids is 1. The van der Waals surface area contributed by atoms with E-state index in [2.05, 4.69) is 5.32 Å². The van der Waals surface area contributed by atoms with E-state index in [0.29, 0.717) is 29.3 Å². The number of carbonyl (C=O) groups is 1. The molecule has 8 heteroatoms. The summed E-state index contributed by atoms with van der Waals surface area (Å²) in [5.74, 6) is -0.506. The average molecular weight is 424 g/mol. The zero-order valence-electron chi connectivity index (χ0n) is 17.7. The molecular weight excluding hydrogens is 399 g/mol. The summed E-state index contributed by atoms with van der Waals surface area (Å²) in [6.07, 6.45) is 2.48. The second-order valence-electron chi connectivity index (χ2n) is 8.04. The molecule has 162 valence electrons. The fourth-order valence-electron chi connectivity index (χ4n) is 4.07. The summed E-state index contributed by atoms with van der Waals surface area (Å²) in [6, 6.07) is 8.04. The summed E-state index contributed by atoms with van der Waals surface area (Å²) in [6.45, 7) is 5.69. The summed E-state index contributed by atoms with van der Waals surface area (Å²) >= 11 is 0. The molecule has 1 aliphatic rings. The van der Waals surface area contributed by atoms with E-state index in [1.165, 1.54) is 10.5 Å². The monoisotopic (exact) mass is 424 g/mol. The SMILES string of the molecule is Cc1cc([C@@H](C)Nc2ccccc2C(=O)O)c2nc(N3CC[C@H]3CF)c(C)c(=O)n2c1. The Kier molecular flexibility index (Phi) is 5.39. The minimum atomic E-state index is -1.02. The second kappa shape index (κ2) is 8.02. The van der Waals surface area contributed by atoms with E-state index < -0.39 is 12.6 Å². The molecule has 0 saturated carbocycles. The summed E-state index contributed by atoms with van der Waals surface area (Å²) in [5, 5.41) is 12.7. The standard InChI is InChI=1S/C23H25FN4O3/c1-13-10-18(15(3)25-19-7-5-4-6-17(19)23(30)31)21-26-20(27-9-8-16(27)11-24)14(2)22(29)28(21)12-13/h4-7,10,12,15-16,25H,8-9,11H2,1-3H3,(H,30,31)/t15-,16+/m1/s1. The van der Waals surface area contributed by atoms with Crippen LogP contribution in [0.1, 0.15) is 46.4 Å². The molecule has 2 N–H and O–H groups in total. The van der Waals surface area contributed by atoms with Gasteiger partial charge in [-0.25, -0.2) is 14.2 Å². The largest absolute Gasteiger partial charge is 0.478 e. The Bertz CT molecular complexity index is 1220. The van der Waals surface area contributed by atoms with Crippen molar-refractivity contribution in [1.82, 2.24) is 9.38 Å². The van der Waals surface area contributed by atoms with Crippen molar-refractivity contribution in [3.05, 3.63) is 69.1 Å². The third-order valence-electron chi connectivity index (χ3n) is 5.88. The van der Waals surface area contributed by atoms with E-state index >= 15 is 0 Å². The number of nitrogens with one attached hydrogen (secondary N) is 1. The van der Waals surface area contributed by atoms with Crippen LogP contribution in [-0.4, -0.2) is 39.7 Å². The van der Waals surface area contributed by atoms with Crippen molar-refractivity contribution >= 4 is 23.1 Å². The van der Waals surface area contributed by atoms with Gasteiger partial charge in [-0.05, 0) is 51.0 Å². The molecule has 1 fully saturated rings. The normalized spacial score (nSPS) is 16.8. The Balaban J connectivity index is 1.83. The summed E-state index contributed by atoms with van der Waals surface area (Å²) in [5.41, 5.74) is 3.07. The molecule has 1 aliphatic heterocycles. The third kappa shape index (κ3) is 3.62. The van der Waals surface area contributed by atoms with Gasteiger partial charge in [0.15, 0.2) is 0 Å². The molecule has 2 atom stereocenters. The molecule has 2 aromatic heterocycles. The van der Waals surface area contributed by atoms with Crippen molar-refractivity contribution in [2.24, 2.45) is 0 Å². The first-order valence-electron chi connectivity index (χ1n) is 10.3. The number of para-hydroxylation sites is 1. The molecule has 3 heterocycles. The molecule has 4 rings (SSSR count). The van der Waals surface area contributed by atoms with Crippen LogP contribution >= 0.6 is 0 Å². The topological polar surface area (TPSA) is 86.9 Å². The first-order valence-corrected chi connectivity index (χ1v) is 10.3. The number of carboxylic acids is 1. The number of pyridine rings is 1. The first kappa shape index (κ1) is 20.8. The fraction of sp³-hybridized carbons (Fsp3) is 0.348. The van der Waals surface area contributed by atoms with E-state index in [0.717, 1.165) is 17.5 Å². The van der Waals surface area contributed by atoms with E-state index in [-0.39, 0.29) is 23.2 Å². The maximum absolute atomic E-state index is 13.3. The van der Waals surface area contributed by atoms with E-state index in [4.69, 9.17) is 4.98 Å².